The van der Waals surface area contributed by atoms with E-state index in [0.29, 0.717) is 6.54 Å². The Morgan fingerprint density at radius 2 is 2.21 bits per heavy atom. The number of rotatable bonds is 5. The minimum Gasteiger partial charge on any atom is -0.467 e. The Hall–Kier alpha value is -2.50. The first-order valence-corrected chi connectivity index (χ1v) is 5.93. The zero-order chi connectivity index (χ0) is 13.8. The van der Waals surface area contributed by atoms with Crippen molar-refractivity contribution in [2.24, 2.45) is 0 Å². The Labute approximate surface area is 110 Å². The van der Waals surface area contributed by atoms with E-state index in [1.165, 1.54) is 6.07 Å². The summed E-state index contributed by atoms with van der Waals surface area (Å²) in [6.07, 6.45) is 1.62. The van der Waals surface area contributed by atoms with Gasteiger partial charge in [0.15, 0.2) is 0 Å². The van der Waals surface area contributed by atoms with Gasteiger partial charge in [0, 0.05) is 18.3 Å². The van der Waals surface area contributed by atoms with Gasteiger partial charge >= 0.3 is 0 Å². The highest BCUT2D eigenvalue weighted by Crippen LogP contribution is 2.27. The van der Waals surface area contributed by atoms with E-state index in [4.69, 9.17) is 10.2 Å². The Bertz CT molecular complexity index is 567. The van der Waals surface area contributed by atoms with Crippen LogP contribution in [0.15, 0.2) is 41.0 Å². The lowest BCUT2D eigenvalue weighted by Gasteiger charge is -2.22. The quantitative estimate of drug-likeness (QED) is 0.508. The summed E-state index contributed by atoms with van der Waals surface area (Å²) in [6.45, 7) is 3.35. The zero-order valence-electron chi connectivity index (χ0n) is 10.6. The summed E-state index contributed by atoms with van der Waals surface area (Å²) in [6, 6.07) is 8.45. The first-order chi connectivity index (χ1) is 9.11. The number of furan rings is 1. The predicted octanol–water partition coefficient (Wildman–Crippen LogP) is 2.80. The maximum Gasteiger partial charge on any atom is 0.292 e. The van der Waals surface area contributed by atoms with Crippen molar-refractivity contribution in [3.05, 3.63) is 52.5 Å². The number of nitro groups is 1. The average Bonchev–Trinajstić information content (AvgIpc) is 2.88. The molecule has 2 aromatic rings. The van der Waals surface area contributed by atoms with Crippen LogP contribution in [0.1, 0.15) is 12.7 Å². The minimum absolute atomic E-state index is 0.0715. The third-order valence-electron chi connectivity index (χ3n) is 2.88. The van der Waals surface area contributed by atoms with Crippen LogP contribution in [0.2, 0.25) is 0 Å². The van der Waals surface area contributed by atoms with E-state index in [0.717, 1.165) is 18.0 Å². The molecule has 1 aromatic heterocycles. The van der Waals surface area contributed by atoms with Crippen LogP contribution in [-0.2, 0) is 6.54 Å². The van der Waals surface area contributed by atoms with E-state index < -0.39 is 4.92 Å². The summed E-state index contributed by atoms with van der Waals surface area (Å²) in [4.78, 5) is 12.3. The zero-order valence-corrected chi connectivity index (χ0v) is 10.6. The highest BCUT2D eigenvalue weighted by Gasteiger charge is 2.14. The fraction of sp³-hybridized carbons (Fsp3) is 0.231. The smallest absolute Gasteiger partial charge is 0.292 e. The van der Waals surface area contributed by atoms with Gasteiger partial charge in [0.05, 0.1) is 17.7 Å². The van der Waals surface area contributed by atoms with Crippen molar-refractivity contribution in [1.29, 1.82) is 0 Å². The van der Waals surface area contributed by atoms with Gasteiger partial charge in [-0.1, -0.05) is 0 Å². The molecular formula is C13H15N3O3. The topological polar surface area (TPSA) is 85.5 Å². The number of benzene rings is 1. The summed E-state index contributed by atoms with van der Waals surface area (Å²) < 4.78 is 5.30. The Kier molecular flexibility index (Phi) is 3.70. The summed E-state index contributed by atoms with van der Waals surface area (Å²) in [5.41, 5.74) is 6.63. The molecule has 6 nitrogen and oxygen atoms in total. The highest BCUT2D eigenvalue weighted by atomic mass is 16.6. The molecule has 19 heavy (non-hydrogen) atoms. The third kappa shape index (κ3) is 2.85. The van der Waals surface area contributed by atoms with Crippen molar-refractivity contribution in [3.63, 3.8) is 0 Å². The molecule has 0 aliphatic carbocycles. The normalized spacial score (nSPS) is 10.4. The lowest BCUT2D eigenvalue weighted by atomic mass is 10.2. The number of anilines is 2. The first kappa shape index (κ1) is 12.9. The molecule has 6 heteroatoms. The van der Waals surface area contributed by atoms with Crippen LogP contribution in [0.25, 0.3) is 0 Å². The molecule has 100 valence electrons. The number of hydrogen-bond acceptors (Lipinski definition) is 5. The molecule has 0 aliphatic heterocycles. The lowest BCUT2D eigenvalue weighted by Crippen LogP contribution is -2.21. The second kappa shape index (κ2) is 5.43. The fourth-order valence-corrected chi connectivity index (χ4v) is 1.88. The monoisotopic (exact) mass is 261 g/mol. The molecule has 0 fully saturated rings. The molecule has 0 aliphatic rings. The van der Waals surface area contributed by atoms with Gasteiger partial charge < -0.3 is 15.1 Å². The standard InChI is InChI=1S/C13H15N3O3/c1-2-15(9-11-4-3-7-19-11)10-5-6-13(16(17)18)12(14)8-10/h3-8H,2,9,14H2,1H3. The highest BCUT2D eigenvalue weighted by molar-refractivity contribution is 5.66. The van der Waals surface area contributed by atoms with Gasteiger partial charge in [0.2, 0.25) is 0 Å². The largest absolute Gasteiger partial charge is 0.467 e. The van der Waals surface area contributed by atoms with Gasteiger partial charge in [-0.3, -0.25) is 10.1 Å². The summed E-state index contributed by atoms with van der Waals surface area (Å²) in [5.74, 6) is 0.832. The maximum atomic E-state index is 10.7. The summed E-state index contributed by atoms with van der Waals surface area (Å²) >= 11 is 0. The number of nitrogens with zero attached hydrogens (tertiary/aromatic N) is 2. The van der Waals surface area contributed by atoms with Crippen molar-refractivity contribution in [2.75, 3.05) is 17.2 Å². The van der Waals surface area contributed by atoms with E-state index in [9.17, 15) is 10.1 Å². The van der Waals surface area contributed by atoms with Crippen molar-refractivity contribution < 1.29 is 9.34 Å². The molecule has 0 bridgehead atoms. The van der Waals surface area contributed by atoms with Gasteiger partial charge in [-0.05, 0) is 31.2 Å². The summed E-state index contributed by atoms with van der Waals surface area (Å²) in [7, 11) is 0. The Morgan fingerprint density at radius 1 is 1.42 bits per heavy atom. The molecule has 0 unspecified atom stereocenters. The number of hydrogen-bond donors (Lipinski definition) is 1. The van der Waals surface area contributed by atoms with Crippen LogP contribution in [0.4, 0.5) is 17.1 Å². The number of nitro benzene ring substituents is 1. The van der Waals surface area contributed by atoms with E-state index >= 15 is 0 Å². The average molecular weight is 261 g/mol. The van der Waals surface area contributed by atoms with Gasteiger partial charge in [0.1, 0.15) is 11.4 Å². The van der Waals surface area contributed by atoms with Crippen molar-refractivity contribution in [3.8, 4) is 0 Å². The van der Waals surface area contributed by atoms with Crippen molar-refractivity contribution >= 4 is 17.1 Å². The van der Waals surface area contributed by atoms with E-state index in [-0.39, 0.29) is 11.4 Å². The van der Waals surface area contributed by atoms with Gasteiger partial charge in [-0.15, -0.1) is 0 Å². The van der Waals surface area contributed by atoms with Crippen LogP contribution >= 0.6 is 0 Å². The van der Waals surface area contributed by atoms with E-state index in [1.54, 1.807) is 18.4 Å². The van der Waals surface area contributed by atoms with Gasteiger partial charge in [-0.2, -0.15) is 0 Å². The van der Waals surface area contributed by atoms with Gasteiger partial charge in [-0.25, -0.2) is 0 Å². The van der Waals surface area contributed by atoms with Gasteiger partial charge in [0.25, 0.3) is 5.69 Å². The van der Waals surface area contributed by atoms with Crippen molar-refractivity contribution in [2.45, 2.75) is 13.5 Å². The molecule has 0 spiro atoms. The Balaban J connectivity index is 2.23. The van der Waals surface area contributed by atoms with Crippen LogP contribution < -0.4 is 10.6 Å². The lowest BCUT2D eigenvalue weighted by molar-refractivity contribution is -0.383. The van der Waals surface area contributed by atoms with Crippen LogP contribution in [0.3, 0.4) is 0 Å². The second-order valence-electron chi connectivity index (χ2n) is 4.09. The summed E-state index contributed by atoms with van der Waals surface area (Å²) in [5, 5.41) is 10.7. The second-order valence-corrected chi connectivity index (χ2v) is 4.09. The van der Waals surface area contributed by atoms with E-state index in [2.05, 4.69) is 0 Å². The van der Waals surface area contributed by atoms with Crippen LogP contribution in [-0.4, -0.2) is 11.5 Å². The first-order valence-electron chi connectivity index (χ1n) is 5.93. The Morgan fingerprint density at radius 3 is 2.74 bits per heavy atom. The van der Waals surface area contributed by atoms with E-state index in [1.807, 2.05) is 24.0 Å². The number of nitrogens with two attached hydrogens (primary N) is 1. The maximum absolute atomic E-state index is 10.7. The van der Waals surface area contributed by atoms with Crippen molar-refractivity contribution in [1.82, 2.24) is 0 Å². The third-order valence-corrected chi connectivity index (χ3v) is 2.88. The molecule has 0 amide bonds. The van der Waals surface area contributed by atoms with Crippen LogP contribution in [0, 0.1) is 10.1 Å². The molecular weight excluding hydrogens is 246 g/mol. The molecule has 2 rings (SSSR count). The molecule has 2 N–H and O–H groups in total. The predicted molar refractivity (Wildman–Crippen MR) is 72.9 cm³/mol. The molecule has 1 aromatic carbocycles. The molecule has 1 heterocycles. The fourth-order valence-electron chi connectivity index (χ4n) is 1.88. The molecule has 0 atom stereocenters. The minimum atomic E-state index is -0.484. The SMILES string of the molecule is CCN(Cc1ccco1)c1ccc([N+](=O)[O-])c(N)c1. The molecule has 0 saturated carbocycles. The molecule has 0 radical (unpaired) electrons. The molecule has 0 saturated heterocycles. The number of nitrogen functional groups attached to an aromatic ring is 1. The van der Waals surface area contributed by atoms with Crippen LogP contribution in [0.5, 0.6) is 0 Å².